The molecular formula is C21H22FIN2O4. The lowest BCUT2D eigenvalue weighted by Crippen LogP contribution is -2.53. The molecule has 2 amide bonds. The van der Waals surface area contributed by atoms with Crippen LogP contribution in [0.1, 0.15) is 18.1 Å². The van der Waals surface area contributed by atoms with Gasteiger partial charge in [-0.2, -0.15) is 0 Å². The molecule has 0 aliphatic rings. The van der Waals surface area contributed by atoms with E-state index in [2.05, 4.69) is 33.2 Å². The van der Waals surface area contributed by atoms with Crippen LogP contribution in [0.3, 0.4) is 0 Å². The minimum Gasteiger partial charge on any atom is -0.467 e. The fourth-order valence-electron chi connectivity index (χ4n) is 2.80. The van der Waals surface area contributed by atoms with Crippen molar-refractivity contribution < 1.29 is 23.5 Å². The Morgan fingerprint density at radius 2 is 1.66 bits per heavy atom. The summed E-state index contributed by atoms with van der Waals surface area (Å²) in [5.41, 5.74) is 1.56. The fraction of sp³-hybridized carbons (Fsp3) is 0.286. The number of hydrogen-bond acceptors (Lipinski definition) is 4. The Kier molecular flexibility index (Phi) is 8.56. The molecule has 2 aromatic carbocycles. The first-order chi connectivity index (χ1) is 13.8. The van der Waals surface area contributed by atoms with E-state index in [0.29, 0.717) is 5.56 Å². The molecule has 0 aliphatic carbocycles. The SMILES string of the molecule is COC(=O)[C@H](Cc1ccccc1I)NC(=O)[C@H](Cc1ccc(F)cc1)NC(C)=O. The number of amides is 2. The van der Waals surface area contributed by atoms with E-state index in [1.54, 1.807) is 12.1 Å². The van der Waals surface area contributed by atoms with Gasteiger partial charge in [0.25, 0.3) is 0 Å². The average Bonchev–Trinajstić information content (AvgIpc) is 2.69. The number of carbonyl (C=O) groups excluding carboxylic acids is 3. The van der Waals surface area contributed by atoms with Gasteiger partial charge in [-0.15, -0.1) is 0 Å². The Hall–Kier alpha value is -2.49. The summed E-state index contributed by atoms with van der Waals surface area (Å²) < 4.78 is 18.9. The van der Waals surface area contributed by atoms with Crippen LogP contribution in [0.15, 0.2) is 48.5 Å². The van der Waals surface area contributed by atoms with Gasteiger partial charge in [-0.05, 0) is 51.9 Å². The molecule has 0 spiro atoms. The van der Waals surface area contributed by atoms with Gasteiger partial charge in [0.2, 0.25) is 11.8 Å². The summed E-state index contributed by atoms with van der Waals surface area (Å²) in [7, 11) is 1.25. The molecular weight excluding hydrogens is 490 g/mol. The van der Waals surface area contributed by atoms with Gasteiger partial charge in [0.1, 0.15) is 17.9 Å². The number of ether oxygens (including phenoxy) is 1. The van der Waals surface area contributed by atoms with Crippen LogP contribution >= 0.6 is 22.6 Å². The molecule has 2 atom stereocenters. The van der Waals surface area contributed by atoms with Gasteiger partial charge in [-0.1, -0.05) is 30.3 Å². The number of halogens is 2. The van der Waals surface area contributed by atoms with Crippen molar-refractivity contribution >= 4 is 40.4 Å². The lowest BCUT2D eigenvalue weighted by molar-refractivity contribution is -0.145. The first kappa shape index (κ1) is 22.8. The van der Waals surface area contributed by atoms with Crippen molar-refractivity contribution in [3.63, 3.8) is 0 Å². The van der Waals surface area contributed by atoms with Gasteiger partial charge < -0.3 is 15.4 Å². The second-order valence-electron chi connectivity index (χ2n) is 6.46. The molecule has 29 heavy (non-hydrogen) atoms. The van der Waals surface area contributed by atoms with Gasteiger partial charge in [0, 0.05) is 23.3 Å². The highest BCUT2D eigenvalue weighted by atomic mass is 127. The summed E-state index contributed by atoms with van der Waals surface area (Å²) in [5.74, 6) is -1.88. The normalized spacial score (nSPS) is 12.6. The van der Waals surface area contributed by atoms with Gasteiger partial charge in [0.05, 0.1) is 7.11 Å². The highest BCUT2D eigenvalue weighted by molar-refractivity contribution is 14.1. The van der Waals surface area contributed by atoms with Crippen molar-refractivity contribution in [3.05, 3.63) is 69.0 Å². The molecule has 0 bridgehead atoms. The molecule has 0 aliphatic heterocycles. The molecule has 6 nitrogen and oxygen atoms in total. The van der Waals surface area contributed by atoms with E-state index in [-0.39, 0.29) is 18.7 Å². The van der Waals surface area contributed by atoms with Crippen molar-refractivity contribution in [1.82, 2.24) is 10.6 Å². The zero-order chi connectivity index (χ0) is 21.4. The molecule has 0 radical (unpaired) electrons. The maximum absolute atomic E-state index is 13.1. The van der Waals surface area contributed by atoms with Crippen LogP contribution in [0.5, 0.6) is 0 Å². The number of nitrogens with one attached hydrogen (secondary N) is 2. The maximum atomic E-state index is 13.1. The van der Waals surface area contributed by atoms with Gasteiger partial charge in [0.15, 0.2) is 0 Å². The van der Waals surface area contributed by atoms with Crippen molar-refractivity contribution in [2.45, 2.75) is 31.8 Å². The maximum Gasteiger partial charge on any atom is 0.328 e. The predicted molar refractivity (Wildman–Crippen MR) is 115 cm³/mol. The van der Waals surface area contributed by atoms with E-state index in [1.165, 1.54) is 26.2 Å². The summed E-state index contributed by atoms with van der Waals surface area (Å²) in [6, 6.07) is 11.3. The van der Waals surface area contributed by atoms with Crippen molar-refractivity contribution in [1.29, 1.82) is 0 Å². The van der Waals surface area contributed by atoms with Crippen LogP contribution in [0.2, 0.25) is 0 Å². The van der Waals surface area contributed by atoms with Crippen LogP contribution in [0, 0.1) is 9.39 Å². The zero-order valence-corrected chi connectivity index (χ0v) is 18.2. The zero-order valence-electron chi connectivity index (χ0n) is 16.1. The number of esters is 1. The number of carbonyl (C=O) groups is 3. The molecule has 2 N–H and O–H groups in total. The van der Waals surface area contributed by atoms with Crippen LogP contribution < -0.4 is 10.6 Å². The molecule has 2 aromatic rings. The molecule has 0 saturated heterocycles. The number of rotatable bonds is 8. The van der Waals surface area contributed by atoms with E-state index in [9.17, 15) is 18.8 Å². The monoisotopic (exact) mass is 512 g/mol. The number of hydrogen-bond donors (Lipinski definition) is 2. The van der Waals surface area contributed by atoms with Crippen LogP contribution in [0.25, 0.3) is 0 Å². The highest BCUT2D eigenvalue weighted by Gasteiger charge is 2.27. The van der Waals surface area contributed by atoms with Gasteiger partial charge in [-0.3, -0.25) is 9.59 Å². The largest absolute Gasteiger partial charge is 0.467 e. The first-order valence-electron chi connectivity index (χ1n) is 8.93. The summed E-state index contributed by atoms with van der Waals surface area (Å²) in [6.07, 6.45) is 0.406. The molecule has 0 fully saturated rings. The van der Waals surface area contributed by atoms with E-state index in [4.69, 9.17) is 4.74 Å². The Labute approximate surface area is 182 Å². The molecule has 8 heteroatoms. The quantitative estimate of drug-likeness (QED) is 0.421. The predicted octanol–water partition coefficient (Wildman–Crippen LogP) is 2.38. The van der Waals surface area contributed by atoms with Crippen LogP contribution in [0.4, 0.5) is 4.39 Å². The van der Waals surface area contributed by atoms with Crippen molar-refractivity contribution in [2.24, 2.45) is 0 Å². The summed E-state index contributed by atoms with van der Waals surface area (Å²) in [5, 5.41) is 5.26. The van der Waals surface area contributed by atoms with Gasteiger partial charge >= 0.3 is 5.97 Å². The standard InChI is InChI=1S/C21H22FIN2O4/c1-13(26)24-18(11-14-7-9-16(22)10-8-14)20(27)25-19(21(28)29-2)12-15-5-3-4-6-17(15)23/h3-10,18-19H,11-12H2,1-2H3,(H,24,26)(H,25,27)/t18-,19-/m0/s1. The minimum atomic E-state index is -0.917. The lowest BCUT2D eigenvalue weighted by Gasteiger charge is -2.22. The average molecular weight is 512 g/mol. The summed E-state index contributed by atoms with van der Waals surface area (Å²) >= 11 is 2.16. The topological polar surface area (TPSA) is 84.5 Å². The van der Waals surface area contributed by atoms with E-state index in [1.807, 2.05) is 24.3 Å². The Morgan fingerprint density at radius 1 is 1.00 bits per heavy atom. The number of methoxy groups -OCH3 is 1. The molecule has 0 saturated carbocycles. The Balaban J connectivity index is 2.17. The summed E-state index contributed by atoms with van der Waals surface area (Å²) in [6.45, 7) is 1.30. The number of benzene rings is 2. The Morgan fingerprint density at radius 3 is 2.24 bits per heavy atom. The smallest absolute Gasteiger partial charge is 0.328 e. The van der Waals surface area contributed by atoms with E-state index in [0.717, 1.165) is 9.13 Å². The van der Waals surface area contributed by atoms with Crippen LogP contribution in [-0.2, 0) is 32.0 Å². The summed E-state index contributed by atoms with van der Waals surface area (Å²) in [4.78, 5) is 36.7. The lowest BCUT2D eigenvalue weighted by atomic mass is 10.0. The van der Waals surface area contributed by atoms with Gasteiger partial charge in [-0.25, -0.2) is 9.18 Å². The third kappa shape index (κ3) is 7.12. The molecule has 154 valence electrons. The second-order valence-corrected chi connectivity index (χ2v) is 7.63. The fourth-order valence-corrected chi connectivity index (χ4v) is 3.41. The Bertz CT molecular complexity index is 873. The van der Waals surface area contributed by atoms with Crippen molar-refractivity contribution in [3.8, 4) is 0 Å². The molecule has 2 rings (SSSR count). The third-order valence-corrected chi connectivity index (χ3v) is 5.28. The molecule has 0 unspecified atom stereocenters. The minimum absolute atomic E-state index is 0.155. The van der Waals surface area contributed by atoms with Crippen molar-refractivity contribution in [2.75, 3.05) is 7.11 Å². The molecule has 0 aromatic heterocycles. The third-order valence-electron chi connectivity index (χ3n) is 4.23. The molecule has 0 heterocycles. The van der Waals surface area contributed by atoms with E-state index < -0.39 is 29.8 Å². The van der Waals surface area contributed by atoms with E-state index >= 15 is 0 Å². The highest BCUT2D eigenvalue weighted by Crippen LogP contribution is 2.14. The second kappa shape index (κ2) is 10.9. The first-order valence-corrected chi connectivity index (χ1v) is 10.0. The van der Waals surface area contributed by atoms with Crippen LogP contribution in [-0.4, -0.2) is 37.0 Å².